The van der Waals surface area contributed by atoms with Crippen LogP contribution in [0.1, 0.15) is 31.2 Å². The maximum Gasteiger partial charge on any atom is 0.306 e. The molecular formula is C12H20ClN3O2. The highest BCUT2D eigenvalue weighted by Crippen LogP contribution is 2.10. The number of hydrogen-bond donors (Lipinski definition) is 1. The second-order valence-electron chi connectivity index (χ2n) is 4.19. The minimum absolute atomic E-state index is 0. The van der Waals surface area contributed by atoms with E-state index in [-0.39, 0.29) is 18.4 Å². The zero-order valence-corrected chi connectivity index (χ0v) is 11.5. The van der Waals surface area contributed by atoms with Crippen molar-refractivity contribution in [1.29, 1.82) is 0 Å². The third kappa shape index (κ3) is 3.99. The van der Waals surface area contributed by atoms with Gasteiger partial charge in [0.1, 0.15) is 0 Å². The van der Waals surface area contributed by atoms with Crippen molar-refractivity contribution in [2.45, 2.75) is 39.3 Å². The quantitative estimate of drug-likeness (QED) is 0.840. The van der Waals surface area contributed by atoms with Gasteiger partial charge in [-0.25, -0.2) is 0 Å². The molecule has 0 aromatic carbocycles. The van der Waals surface area contributed by atoms with Gasteiger partial charge in [0.2, 0.25) is 0 Å². The average Bonchev–Trinajstić information content (AvgIpc) is 2.57. The predicted octanol–water partition coefficient (Wildman–Crippen LogP) is 1.29. The number of halogens is 1. The van der Waals surface area contributed by atoms with Gasteiger partial charge in [-0.2, -0.15) is 5.10 Å². The van der Waals surface area contributed by atoms with Crippen molar-refractivity contribution in [3.8, 4) is 0 Å². The van der Waals surface area contributed by atoms with Gasteiger partial charge in [0, 0.05) is 19.5 Å². The van der Waals surface area contributed by atoms with Gasteiger partial charge in [-0.3, -0.25) is 9.48 Å². The SMILES string of the molecule is CCOC(=O)CCc1cc2n(n1)CCCNC2.Cl. The number of fused-ring (bicyclic) bond motifs is 1. The first-order valence-electron chi connectivity index (χ1n) is 6.21. The number of nitrogens with zero attached hydrogens (tertiary/aromatic N) is 2. The van der Waals surface area contributed by atoms with Gasteiger partial charge in [-0.1, -0.05) is 0 Å². The number of aromatic nitrogens is 2. The van der Waals surface area contributed by atoms with Crippen LogP contribution in [-0.2, 0) is 29.0 Å². The predicted molar refractivity (Wildman–Crippen MR) is 70.8 cm³/mol. The van der Waals surface area contributed by atoms with Crippen LogP contribution in [0.5, 0.6) is 0 Å². The molecule has 1 aromatic rings. The lowest BCUT2D eigenvalue weighted by Gasteiger charge is -2.00. The fourth-order valence-electron chi connectivity index (χ4n) is 2.01. The minimum atomic E-state index is -0.145. The molecule has 1 aliphatic heterocycles. The van der Waals surface area contributed by atoms with Crippen molar-refractivity contribution in [3.63, 3.8) is 0 Å². The first-order chi connectivity index (χ1) is 8.29. The number of aryl methyl sites for hydroxylation is 2. The maximum absolute atomic E-state index is 11.2. The monoisotopic (exact) mass is 273 g/mol. The van der Waals surface area contributed by atoms with Gasteiger partial charge in [0.25, 0.3) is 0 Å². The van der Waals surface area contributed by atoms with E-state index in [2.05, 4.69) is 16.5 Å². The molecule has 18 heavy (non-hydrogen) atoms. The summed E-state index contributed by atoms with van der Waals surface area (Å²) < 4.78 is 6.94. The third-order valence-electron chi connectivity index (χ3n) is 2.83. The minimum Gasteiger partial charge on any atom is -0.466 e. The smallest absolute Gasteiger partial charge is 0.306 e. The van der Waals surface area contributed by atoms with Crippen LogP contribution in [0, 0.1) is 0 Å². The van der Waals surface area contributed by atoms with Gasteiger partial charge in [0.05, 0.1) is 24.4 Å². The number of esters is 1. The second-order valence-corrected chi connectivity index (χ2v) is 4.19. The van der Waals surface area contributed by atoms with E-state index in [4.69, 9.17) is 4.74 Å². The molecule has 0 unspecified atom stereocenters. The fourth-order valence-corrected chi connectivity index (χ4v) is 2.01. The Morgan fingerprint density at radius 2 is 2.44 bits per heavy atom. The highest BCUT2D eigenvalue weighted by molar-refractivity contribution is 5.85. The van der Waals surface area contributed by atoms with Crippen LogP contribution in [0.3, 0.4) is 0 Å². The summed E-state index contributed by atoms with van der Waals surface area (Å²) in [6, 6.07) is 2.08. The van der Waals surface area contributed by atoms with Crippen molar-refractivity contribution < 1.29 is 9.53 Å². The van der Waals surface area contributed by atoms with E-state index in [0.717, 1.165) is 31.7 Å². The largest absolute Gasteiger partial charge is 0.466 e. The number of hydrogen-bond acceptors (Lipinski definition) is 4. The van der Waals surface area contributed by atoms with Crippen LogP contribution < -0.4 is 5.32 Å². The molecule has 0 fully saturated rings. The van der Waals surface area contributed by atoms with E-state index in [0.29, 0.717) is 19.4 Å². The number of rotatable bonds is 4. The van der Waals surface area contributed by atoms with Crippen LogP contribution in [0.15, 0.2) is 6.07 Å². The summed E-state index contributed by atoms with van der Waals surface area (Å²) in [6.07, 6.45) is 2.18. The summed E-state index contributed by atoms with van der Waals surface area (Å²) in [7, 11) is 0. The zero-order chi connectivity index (χ0) is 12.1. The van der Waals surface area contributed by atoms with E-state index >= 15 is 0 Å². The standard InChI is InChI=1S/C12H19N3O2.ClH/c1-2-17-12(16)5-4-10-8-11-9-13-6-3-7-15(11)14-10;/h8,13H,2-7,9H2,1H3;1H. The van der Waals surface area contributed by atoms with Crippen molar-refractivity contribution in [3.05, 3.63) is 17.5 Å². The molecule has 2 rings (SSSR count). The van der Waals surface area contributed by atoms with Gasteiger partial charge in [-0.05, 0) is 26.0 Å². The van der Waals surface area contributed by atoms with Gasteiger partial charge in [-0.15, -0.1) is 12.4 Å². The summed E-state index contributed by atoms with van der Waals surface area (Å²) in [5.41, 5.74) is 2.19. The molecule has 0 radical (unpaired) electrons. The van der Waals surface area contributed by atoms with Gasteiger partial charge >= 0.3 is 5.97 Å². The summed E-state index contributed by atoms with van der Waals surface area (Å²) in [5, 5.41) is 7.86. The first-order valence-corrected chi connectivity index (χ1v) is 6.21. The lowest BCUT2D eigenvalue weighted by atomic mass is 10.2. The van der Waals surface area contributed by atoms with Crippen molar-refractivity contribution in [2.75, 3.05) is 13.2 Å². The van der Waals surface area contributed by atoms with E-state index < -0.39 is 0 Å². The van der Waals surface area contributed by atoms with Gasteiger partial charge in [0.15, 0.2) is 0 Å². The van der Waals surface area contributed by atoms with Crippen LogP contribution >= 0.6 is 12.4 Å². The lowest BCUT2D eigenvalue weighted by molar-refractivity contribution is -0.143. The molecule has 102 valence electrons. The molecule has 0 saturated carbocycles. The molecule has 0 aliphatic carbocycles. The zero-order valence-electron chi connectivity index (χ0n) is 10.6. The van der Waals surface area contributed by atoms with Crippen molar-refractivity contribution in [2.24, 2.45) is 0 Å². The van der Waals surface area contributed by atoms with Crippen LogP contribution in [0.2, 0.25) is 0 Å². The normalized spacial score (nSPS) is 14.3. The Kier molecular flexibility index (Phi) is 6.15. The Labute approximate surface area is 113 Å². The van der Waals surface area contributed by atoms with Crippen LogP contribution in [0.25, 0.3) is 0 Å². The lowest BCUT2D eigenvalue weighted by Crippen LogP contribution is -2.11. The molecule has 6 heteroatoms. The summed E-state index contributed by atoms with van der Waals surface area (Å²) in [6.45, 7) is 5.14. The molecule has 0 spiro atoms. The summed E-state index contributed by atoms with van der Waals surface area (Å²) >= 11 is 0. The van der Waals surface area contributed by atoms with E-state index in [1.54, 1.807) is 0 Å². The summed E-state index contributed by atoms with van der Waals surface area (Å²) in [4.78, 5) is 11.2. The molecular weight excluding hydrogens is 254 g/mol. The number of carbonyl (C=O) groups excluding carboxylic acids is 1. The van der Waals surface area contributed by atoms with Crippen molar-refractivity contribution >= 4 is 18.4 Å². The number of carbonyl (C=O) groups is 1. The van der Waals surface area contributed by atoms with E-state index in [9.17, 15) is 4.79 Å². The highest BCUT2D eigenvalue weighted by Gasteiger charge is 2.11. The second kappa shape index (κ2) is 7.38. The van der Waals surface area contributed by atoms with Crippen molar-refractivity contribution in [1.82, 2.24) is 15.1 Å². The Morgan fingerprint density at radius 1 is 1.61 bits per heavy atom. The fraction of sp³-hybridized carbons (Fsp3) is 0.667. The Morgan fingerprint density at radius 3 is 3.22 bits per heavy atom. The Hall–Kier alpha value is -1.07. The molecule has 0 atom stereocenters. The number of ether oxygens (including phenoxy) is 1. The topological polar surface area (TPSA) is 56.2 Å². The number of nitrogens with one attached hydrogen (secondary N) is 1. The molecule has 1 aromatic heterocycles. The molecule has 1 aliphatic rings. The van der Waals surface area contributed by atoms with Crippen LogP contribution in [-0.4, -0.2) is 28.9 Å². The van der Waals surface area contributed by atoms with E-state index in [1.165, 1.54) is 5.69 Å². The molecule has 2 heterocycles. The average molecular weight is 274 g/mol. The first kappa shape index (κ1) is 15.0. The molecule has 0 amide bonds. The third-order valence-corrected chi connectivity index (χ3v) is 2.83. The maximum atomic E-state index is 11.2. The molecule has 0 saturated heterocycles. The highest BCUT2D eigenvalue weighted by atomic mass is 35.5. The van der Waals surface area contributed by atoms with E-state index in [1.807, 2.05) is 11.6 Å². The Bertz CT molecular complexity index is 369. The van der Waals surface area contributed by atoms with Gasteiger partial charge < -0.3 is 10.1 Å². The molecule has 0 bridgehead atoms. The molecule has 1 N–H and O–H groups in total. The summed E-state index contributed by atoms with van der Waals surface area (Å²) in [5.74, 6) is -0.145. The molecule has 5 nitrogen and oxygen atoms in total. The Balaban J connectivity index is 0.00000162. The van der Waals surface area contributed by atoms with Crippen LogP contribution in [0.4, 0.5) is 0 Å².